The van der Waals surface area contributed by atoms with Crippen LogP contribution in [-0.4, -0.2) is 19.7 Å². The van der Waals surface area contributed by atoms with Gasteiger partial charge < -0.3 is 9.64 Å². The number of nitriles is 1. The first-order valence-corrected chi connectivity index (χ1v) is 8.19. The molecule has 1 saturated heterocycles. The molecule has 0 bridgehead atoms. The SMILES string of the molecule is COc1ccc2c(c1)[C@@](C#N)(Cc1ccccc1)[C@H]1CCCN21. The molecule has 0 saturated carbocycles. The summed E-state index contributed by atoms with van der Waals surface area (Å²) in [5.74, 6) is 0.831. The molecule has 116 valence electrons. The molecule has 2 aromatic carbocycles. The first-order chi connectivity index (χ1) is 11.3. The highest BCUT2D eigenvalue weighted by Crippen LogP contribution is 2.51. The summed E-state index contributed by atoms with van der Waals surface area (Å²) >= 11 is 0. The van der Waals surface area contributed by atoms with Crippen molar-refractivity contribution in [2.45, 2.75) is 30.7 Å². The molecule has 0 aromatic heterocycles. The van der Waals surface area contributed by atoms with Crippen LogP contribution in [0.5, 0.6) is 5.75 Å². The molecule has 0 N–H and O–H groups in total. The van der Waals surface area contributed by atoms with E-state index >= 15 is 0 Å². The molecular formula is C20H20N2O. The summed E-state index contributed by atoms with van der Waals surface area (Å²) in [5.41, 5.74) is 3.08. The molecule has 2 heterocycles. The summed E-state index contributed by atoms with van der Waals surface area (Å²) in [6.07, 6.45) is 3.00. The van der Waals surface area contributed by atoms with E-state index in [1.54, 1.807) is 7.11 Å². The zero-order chi connectivity index (χ0) is 15.9. The molecule has 2 aliphatic heterocycles. The first kappa shape index (κ1) is 14.1. The van der Waals surface area contributed by atoms with Gasteiger partial charge in [0.15, 0.2) is 0 Å². The molecule has 0 spiro atoms. The zero-order valence-electron chi connectivity index (χ0n) is 13.3. The number of ether oxygens (including phenoxy) is 1. The van der Waals surface area contributed by atoms with Crippen LogP contribution in [0.1, 0.15) is 24.0 Å². The van der Waals surface area contributed by atoms with Gasteiger partial charge in [0, 0.05) is 17.8 Å². The van der Waals surface area contributed by atoms with Gasteiger partial charge in [-0.3, -0.25) is 0 Å². The number of anilines is 1. The van der Waals surface area contributed by atoms with E-state index in [2.05, 4.69) is 35.2 Å². The molecular weight excluding hydrogens is 284 g/mol. The van der Waals surface area contributed by atoms with Crippen molar-refractivity contribution in [3.05, 3.63) is 59.7 Å². The maximum atomic E-state index is 10.2. The Bertz CT molecular complexity index is 765. The van der Waals surface area contributed by atoms with Crippen LogP contribution in [0.15, 0.2) is 48.5 Å². The summed E-state index contributed by atoms with van der Waals surface area (Å²) < 4.78 is 5.42. The van der Waals surface area contributed by atoms with Crippen LogP contribution in [-0.2, 0) is 11.8 Å². The fourth-order valence-electron chi connectivity index (χ4n) is 4.30. The normalized spacial score (nSPS) is 24.9. The van der Waals surface area contributed by atoms with Crippen molar-refractivity contribution in [2.75, 3.05) is 18.6 Å². The smallest absolute Gasteiger partial charge is 0.119 e. The number of fused-ring (bicyclic) bond motifs is 3. The lowest BCUT2D eigenvalue weighted by atomic mass is 9.72. The quantitative estimate of drug-likeness (QED) is 0.868. The molecule has 0 amide bonds. The Morgan fingerprint density at radius 1 is 1.26 bits per heavy atom. The molecule has 3 nitrogen and oxygen atoms in total. The highest BCUT2D eigenvalue weighted by molar-refractivity contribution is 5.69. The van der Waals surface area contributed by atoms with Gasteiger partial charge in [-0.1, -0.05) is 30.3 Å². The van der Waals surface area contributed by atoms with Crippen LogP contribution in [0.25, 0.3) is 0 Å². The minimum absolute atomic E-state index is 0.273. The highest BCUT2D eigenvalue weighted by Gasteiger charge is 2.53. The van der Waals surface area contributed by atoms with E-state index in [1.165, 1.54) is 11.3 Å². The van der Waals surface area contributed by atoms with Crippen molar-refractivity contribution in [1.29, 1.82) is 5.26 Å². The van der Waals surface area contributed by atoms with E-state index in [-0.39, 0.29) is 6.04 Å². The third kappa shape index (κ3) is 2.02. The Kier molecular flexibility index (Phi) is 3.27. The van der Waals surface area contributed by atoms with Crippen molar-refractivity contribution in [3.63, 3.8) is 0 Å². The largest absolute Gasteiger partial charge is 0.497 e. The first-order valence-electron chi connectivity index (χ1n) is 8.19. The molecule has 2 atom stereocenters. The van der Waals surface area contributed by atoms with E-state index in [0.29, 0.717) is 0 Å². The van der Waals surface area contributed by atoms with Gasteiger partial charge in [-0.05, 0) is 43.0 Å². The lowest BCUT2D eigenvalue weighted by Gasteiger charge is -2.30. The molecule has 1 fully saturated rings. The average Bonchev–Trinajstić information content (AvgIpc) is 3.17. The Labute approximate surface area is 137 Å². The average molecular weight is 304 g/mol. The second-order valence-corrected chi connectivity index (χ2v) is 6.48. The Morgan fingerprint density at radius 3 is 2.83 bits per heavy atom. The van der Waals surface area contributed by atoms with Gasteiger partial charge in [-0.15, -0.1) is 0 Å². The van der Waals surface area contributed by atoms with Crippen molar-refractivity contribution in [2.24, 2.45) is 0 Å². The van der Waals surface area contributed by atoms with Gasteiger partial charge in [0.2, 0.25) is 0 Å². The number of hydrogen-bond donors (Lipinski definition) is 0. The number of benzene rings is 2. The summed E-state index contributed by atoms with van der Waals surface area (Å²) in [6.45, 7) is 1.04. The molecule has 0 radical (unpaired) electrons. The van der Waals surface area contributed by atoms with Crippen molar-refractivity contribution < 1.29 is 4.74 Å². The lowest BCUT2D eigenvalue weighted by Crippen LogP contribution is -2.41. The van der Waals surface area contributed by atoms with Crippen LogP contribution in [0.3, 0.4) is 0 Å². The van der Waals surface area contributed by atoms with Crippen LogP contribution in [0.2, 0.25) is 0 Å². The maximum absolute atomic E-state index is 10.2. The van der Waals surface area contributed by atoms with Crippen molar-refractivity contribution in [3.8, 4) is 11.8 Å². The molecule has 3 heteroatoms. The highest BCUT2D eigenvalue weighted by atomic mass is 16.5. The third-order valence-corrected chi connectivity index (χ3v) is 5.34. The Morgan fingerprint density at radius 2 is 2.09 bits per heavy atom. The van der Waals surface area contributed by atoms with E-state index < -0.39 is 5.41 Å². The van der Waals surface area contributed by atoms with E-state index in [1.807, 2.05) is 24.3 Å². The molecule has 0 unspecified atom stereocenters. The molecule has 23 heavy (non-hydrogen) atoms. The van der Waals surface area contributed by atoms with Crippen molar-refractivity contribution in [1.82, 2.24) is 0 Å². The van der Waals surface area contributed by atoms with Gasteiger partial charge in [-0.25, -0.2) is 0 Å². The summed E-state index contributed by atoms with van der Waals surface area (Å²) in [5, 5.41) is 10.2. The fourth-order valence-corrected chi connectivity index (χ4v) is 4.30. The Balaban J connectivity index is 1.87. The predicted octanol–water partition coefficient (Wildman–Crippen LogP) is 3.68. The summed E-state index contributed by atoms with van der Waals surface area (Å²) in [4.78, 5) is 2.43. The standard InChI is InChI=1S/C20H20N2O/c1-23-16-9-10-18-17(12-16)20(14-21,19-8-5-11-22(18)19)13-15-6-3-2-4-7-15/h2-4,6-7,9-10,12,19H,5,8,11,13H2,1H3/t19-,20+/m1/s1. The fraction of sp³-hybridized carbons (Fsp3) is 0.350. The minimum atomic E-state index is -0.484. The predicted molar refractivity (Wildman–Crippen MR) is 90.8 cm³/mol. The minimum Gasteiger partial charge on any atom is -0.497 e. The van der Waals surface area contributed by atoms with Gasteiger partial charge >= 0.3 is 0 Å². The van der Waals surface area contributed by atoms with Crippen LogP contribution < -0.4 is 9.64 Å². The van der Waals surface area contributed by atoms with E-state index in [4.69, 9.17) is 4.74 Å². The monoisotopic (exact) mass is 304 g/mol. The second kappa shape index (κ2) is 5.31. The topological polar surface area (TPSA) is 36.3 Å². The lowest BCUT2D eigenvalue weighted by molar-refractivity contribution is 0.411. The van der Waals surface area contributed by atoms with Gasteiger partial charge in [0.05, 0.1) is 19.2 Å². The molecule has 2 aliphatic rings. The number of hydrogen-bond acceptors (Lipinski definition) is 3. The zero-order valence-corrected chi connectivity index (χ0v) is 13.3. The third-order valence-electron chi connectivity index (χ3n) is 5.34. The molecule has 2 aromatic rings. The summed E-state index contributed by atoms with van der Waals surface area (Å²) in [7, 11) is 1.68. The number of rotatable bonds is 3. The van der Waals surface area contributed by atoms with Gasteiger partial charge in [0.25, 0.3) is 0 Å². The maximum Gasteiger partial charge on any atom is 0.119 e. The Hall–Kier alpha value is -2.47. The van der Waals surface area contributed by atoms with E-state index in [0.717, 1.165) is 37.1 Å². The van der Waals surface area contributed by atoms with Gasteiger partial charge in [0.1, 0.15) is 11.2 Å². The number of methoxy groups -OCH3 is 1. The van der Waals surface area contributed by atoms with Crippen LogP contribution in [0.4, 0.5) is 5.69 Å². The van der Waals surface area contributed by atoms with E-state index in [9.17, 15) is 5.26 Å². The second-order valence-electron chi connectivity index (χ2n) is 6.48. The van der Waals surface area contributed by atoms with Crippen molar-refractivity contribution >= 4 is 5.69 Å². The van der Waals surface area contributed by atoms with Crippen LogP contribution >= 0.6 is 0 Å². The molecule has 4 rings (SSSR count). The number of nitrogens with zero attached hydrogens (tertiary/aromatic N) is 2. The summed E-state index contributed by atoms with van der Waals surface area (Å²) in [6, 6.07) is 19.5. The molecule has 0 aliphatic carbocycles. The van der Waals surface area contributed by atoms with Crippen LogP contribution in [0, 0.1) is 11.3 Å². The van der Waals surface area contributed by atoms with Gasteiger partial charge in [-0.2, -0.15) is 5.26 Å².